The highest BCUT2D eigenvalue weighted by molar-refractivity contribution is 5.40. The van der Waals surface area contributed by atoms with Crippen LogP contribution in [0.2, 0.25) is 0 Å². The van der Waals surface area contributed by atoms with E-state index in [0.29, 0.717) is 11.3 Å². The maximum absolute atomic E-state index is 11.5. The largest absolute Gasteiger partial charge is 0.579 e. The van der Waals surface area contributed by atoms with Crippen molar-refractivity contribution >= 4 is 0 Å². The molecule has 0 saturated carbocycles. The van der Waals surface area contributed by atoms with Crippen molar-refractivity contribution in [3.05, 3.63) is 66.2 Å². The first-order valence-electron chi connectivity index (χ1n) is 4.35. The summed E-state index contributed by atoms with van der Waals surface area (Å²) >= 11 is 0. The molecule has 1 aliphatic rings. The molecule has 14 heavy (non-hydrogen) atoms. The monoisotopic (exact) mass is 185 g/mol. The number of para-hydroxylation sites is 1. The first kappa shape index (κ1) is 8.63. The zero-order chi connectivity index (χ0) is 9.80. The van der Waals surface area contributed by atoms with E-state index >= 15 is 0 Å². The molecule has 1 aromatic rings. The number of rotatable bonds is 2. The number of hydrogen-bond donors (Lipinski definition) is 0. The van der Waals surface area contributed by atoms with E-state index in [9.17, 15) is 5.11 Å². The molecule has 0 N–H and O–H groups in total. The summed E-state index contributed by atoms with van der Waals surface area (Å²) in [6.45, 7) is 0. The first-order valence-corrected chi connectivity index (χ1v) is 4.35. The summed E-state index contributed by atoms with van der Waals surface area (Å²) in [6, 6.07) is 9.03. The van der Waals surface area contributed by atoms with Gasteiger partial charge in [-0.1, -0.05) is 42.5 Å². The molecular formula is C12H9O2-. The van der Waals surface area contributed by atoms with Crippen LogP contribution in [0.3, 0.4) is 0 Å². The summed E-state index contributed by atoms with van der Waals surface area (Å²) in [6.07, 6.45) is 7.07. The minimum absolute atomic E-state index is 0.318. The maximum Gasteiger partial charge on any atom is 0.0633 e. The summed E-state index contributed by atoms with van der Waals surface area (Å²) in [5.74, 6) is 0.250. The molecular weight excluding hydrogens is 176 g/mol. The molecule has 0 bridgehead atoms. The van der Waals surface area contributed by atoms with E-state index in [1.54, 1.807) is 24.3 Å². The zero-order valence-corrected chi connectivity index (χ0v) is 7.51. The van der Waals surface area contributed by atoms with E-state index < -0.39 is 0 Å². The van der Waals surface area contributed by atoms with Crippen LogP contribution in [-0.4, -0.2) is 0 Å². The Labute approximate surface area is 82.5 Å². The van der Waals surface area contributed by atoms with Gasteiger partial charge in [-0.25, -0.2) is 0 Å². The van der Waals surface area contributed by atoms with E-state index in [0.717, 1.165) is 0 Å². The molecule has 2 rings (SSSR count). The predicted molar refractivity (Wildman–Crippen MR) is 52.4 cm³/mol. The third-order valence-corrected chi connectivity index (χ3v) is 1.85. The molecule has 0 aliphatic heterocycles. The molecule has 0 saturated heterocycles. The average molecular weight is 185 g/mol. The van der Waals surface area contributed by atoms with Gasteiger partial charge in [-0.15, -0.1) is 0 Å². The summed E-state index contributed by atoms with van der Waals surface area (Å²) in [5.41, 5.74) is 0.578. The summed E-state index contributed by atoms with van der Waals surface area (Å²) < 4.78 is 5.12. The van der Waals surface area contributed by atoms with Gasteiger partial charge in [0.1, 0.15) is 0 Å². The topological polar surface area (TPSA) is 32.3 Å². The Morgan fingerprint density at radius 1 is 1.00 bits per heavy atom. The van der Waals surface area contributed by atoms with Gasteiger partial charge in [0, 0.05) is 5.75 Å². The van der Waals surface area contributed by atoms with Crippen LogP contribution in [0.1, 0.15) is 0 Å². The van der Waals surface area contributed by atoms with Gasteiger partial charge >= 0.3 is 0 Å². The van der Waals surface area contributed by atoms with E-state index in [1.165, 1.54) is 0 Å². The maximum atomic E-state index is 11.5. The molecule has 0 unspecified atom stereocenters. The highest BCUT2D eigenvalue weighted by Gasteiger charge is 1.95. The SMILES string of the molecule is [O-]C(Oc1ccccc1)=C1C=CC=C1. The lowest BCUT2D eigenvalue weighted by Crippen LogP contribution is -2.12. The van der Waals surface area contributed by atoms with Gasteiger partial charge in [0.2, 0.25) is 0 Å². The lowest BCUT2D eigenvalue weighted by Gasteiger charge is -2.16. The highest BCUT2D eigenvalue weighted by atomic mass is 16.6. The average Bonchev–Trinajstić information content (AvgIpc) is 2.72. The molecule has 0 fully saturated rings. The van der Waals surface area contributed by atoms with E-state index in [4.69, 9.17) is 4.74 Å². The van der Waals surface area contributed by atoms with Gasteiger partial charge in [0.15, 0.2) is 0 Å². The minimum atomic E-state index is -0.318. The fourth-order valence-corrected chi connectivity index (χ4v) is 1.16. The fraction of sp³-hybridized carbons (Fsp3) is 0. The third-order valence-electron chi connectivity index (χ3n) is 1.85. The van der Waals surface area contributed by atoms with Crippen molar-refractivity contribution < 1.29 is 9.84 Å². The molecule has 0 aromatic heterocycles. The van der Waals surface area contributed by atoms with Gasteiger partial charge in [0.25, 0.3) is 0 Å². The second kappa shape index (κ2) is 3.83. The predicted octanol–water partition coefficient (Wildman–Crippen LogP) is 1.76. The molecule has 70 valence electrons. The lowest BCUT2D eigenvalue weighted by atomic mass is 10.3. The van der Waals surface area contributed by atoms with Crippen molar-refractivity contribution in [1.82, 2.24) is 0 Å². The molecule has 0 heterocycles. The van der Waals surface area contributed by atoms with Crippen molar-refractivity contribution in [2.45, 2.75) is 0 Å². The molecule has 1 aliphatic carbocycles. The number of allylic oxidation sites excluding steroid dienone is 5. The lowest BCUT2D eigenvalue weighted by molar-refractivity contribution is -0.343. The molecule has 1 aromatic carbocycles. The molecule has 0 radical (unpaired) electrons. The second-order valence-electron chi connectivity index (χ2n) is 2.88. The summed E-state index contributed by atoms with van der Waals surface area (Å²) in [4.78, 5) is 0. The standard InChI is InChI=1S/C12H10O2/c13-12(10-6-4-5-7-10)14-11-8-2-1-3-9-11/h1-9,13H/p-1. The van der Waals surface area contributed by atoms with Gasteiger partial charge < -0.3 is 9.84 Å². The van der Waals surface area contributed by atoms with Crippen molar-refractivity contribution in [3.63, 3.8) is 0 Å². The number of benzene rings is 1. The zero-order valence-electron chi connectivity index (χ0n) is 7.51. The van der Waals surface area contributed by atoms with Crippen LogP contribution in [0, 0.1) is 0 Å². The van der Waals surface area contributed by atoms with Crippen molar-refractivity contribution in [1.29, 1.82) is 0 Å². The van der Waals surface area contributed by atoms with E-state index in [2.05, 4.69) is 0 Å². The molecule has 0 atom stereocenters. The van der Waals surface area contributed by atoms with Crippen LogP contribution >= 0.6 is 0 Å². The van der Waals surface area contributed by atoms with Crippen molar-refractivity contribution in [2.75, 3.05) is 0 Å². The molecule has 0 amide bonds. The Morgan fingerprint density at radius 2 is 1.64 bits per heavy atom. The Hall–Kier alpha value is -1.96. The number of hydrogen-bond acceptors (Lipinski definition) is 2. The van der Waals surface area contributed by atoms with Gasteiger partial charge in [-0.05, 0) is 17.7 Å². The third kappa shape index (κ3) is 1.85. The summed E-state index contributed by atoms with van der Waals surface area (Å²) in [5, 5.41) is 11.5. The van der Waals surface area contributed by atoms with E-state index in [-0.39, 0.29) is 5.95 Å². The van der Waals surface area contributed by atoms with Crippen LogP contribution in [0.5, 0.6) is 5.75 Å². The van der Waals surface area contributed by atoms with Crippen LogP contribution in [0.15, 0.2) is 66.2 Å². The minimum Gasteiger partial charge on any atom is -0.579 e. The quantitative estimate of drug-likeness (QED) is 0.657. The normalized spacial score (nSPS) is 13.3. The Kier molecular flexibility index (Phi) is 2.36. The smallest absolute Gasteiger partial charge is 0.0633 e. The Bertz CT molecular complexity index is 386. The van der Waals surface area contributed by atoms with Crippen LogP contribution < -0.4 is 9.84 Å². The highest BCUT2D eigenvalue weighted by Crippen LogP contribution is 2.15. The number of ether oxygens (including phenoxy) is 1. The van der Waals surface area contributed by atoms with Crippen molar-refractivity contribution in [3.8, 4) is 5.75 Å². The Balaban J connectivity index is 2.16. The van der Waals surface area contributed by atoms with Crippen LogP contribution in [0.25, 0.3) is 0 Å². The van der Waals surface area contributed by atoms with Gasteiger partial charge in [-0.3, -0.25) is 0 Å². The first-order chi connectivity index (χ1) is 6.86. The Morgan fingerprint density at radius 3 is 2.29 bits per heavy atom. The molecule has 0 spiro atoms. The second-order valence-corrected chi connectivity index (χ2v) is 2.88. The fourth-order valence-electron chi connectivity index (χ4n) is 1.16. The van der Waals surface area contributed by atoms with Crippen LogP contribution in [0.4, 0.5) is 0 Å². The van der Waals surface area contributed by atoms with Crippen LogP contribution in [-0.2, 0) is 0 Å². The van der Waals surface area contributed by atoms with E-state index in [1.807, 2.05) is 30.4 Å². The van der Waals surface area contributed by atoms with Gasteiger partial charge in [-0.2, -0.15) is 0 Å². The molecule has 2 heteroatoms. The summed E-state index contributed by atoms with van der Waals surface area (Å²) in [7, 11) is 0. The van der Waals surface area contributed by atoms with Gasteiger partial charge in [0.05, 0.1) is 5.95 Å². The van der Waals surface area contributed by atoms with Crippen molar-refractivity contribution in [2.24, 2.45) is 0 Å². The molecule has 2 nitrogen and oxygen atoms in total.